The lowest BCUT2D eigenvalue weighted by molar-refractivity contribution is -0.138. The molecule has 2 aromatic carbocycles. The van der Waals surface area contributed by atoms with E-state index < -0.39 is 41.5 Å². The fourth-order valence-corrected chi connectivity index (χ4v) is 4.11. The molecule has 0 radical (unpaired) electrons. The Labute approximate surface area is 174 Å². The Morgan fingerprint density at radius 1 is 0.774 bits per heavy atom. The number of ether oxygens (including phenoxy) is 2. The van der Waals surface area contributed by atoms with Crippen molar-refractivity contribution < 1.29 is 40.9 Å². The predicted octanol–water partition coefficient (Wildman–Crippen LogP) is 4.91. The van der Waals surface area contributed by atoms with Crippen molar-refractivity contribution in [1.82, 2.24) is 4.90 Å². The second-order valence-corrected chi connectivity index (χ2v) is 7.67. The molecule has 2 heterocycles. The van der Waals surface area contributed by atoms with Crippen molar-refractivity contribution in [1.29, 1.82) is 0 Å². The van der Waals surface area contributed by atoms with E-state index >= 15 is 0 Å². The molecule has 2 aromatic rings. The van der Waals surface area contributed by atoms with E-state index in [1.165, 1.54) is 24.3 Å². The first-order valence-corrected chi connectivity index (χ1v) is 9.52. The quantitative estimate of drug-likeness (QED) is 0.677. The van der Waals surface area contributed by atoms with Crippen LogP contribution in [-0.4, -0.2) is 35.4 Å². The summed E-state index contributed by atoms with van der Waals surface area (Å²) in [5.74, 6) is 0. The molecule has 4 rings (SSSR count). The molecular weight excluding hydrogens is 428 g/mol. The van der Waals surface area contributed by atoms with E-state index in [-0.39, 0.29) is 26.2 Å². The third-order valence-electron chi connectivity index (χ3n) is 5.70. The Morgan fingerprint density at radius 2 is 1.16 bits per heavy atom. The summed E-state index contributed by atoms with van der Waals surface area (Å²) >= 11 is 0. The van der Waals surface area contributed by atoms with E-state index in [4.69, 9.17) is 9.47 Å². The molecule has 2 saturated heterocycles. The molecule has 2 aliphatic heterocycles. The van der Waals surface area contributed by atoms with E-state index in [1.54, 1.807) is 4.90 Å². The number of benzene rings is 2. The molecule has 1 N–H and O–H groups in total. The summed E-state index contributed by atoms with van der Waals surface area (Å²) < 4.78 is 89.2. The lowest BCUT2D eigenvalue weighted by atomic mass is 9.96. The van der Waals surface area contributed by atoms with Gasteiger partial charge in [-0.3, -0.25) is 0 Å². The van der Waals surface area contributed by atoms with Gasteiger partial charge in [-0.2, -0.15) is 26.3 Å². The highest BCUT2D eigenvalue weighted by Gasteiger charge is 2.56. The molecule has 10 heteroatoms. The third-order valence-corrected chi connectivity index (χ3v) is 5.70. The fourth-order valence-electron chi connectivity index (χ4n) is 4.11. The molecule has 2 unspecified atom stereocenters. The van der Waals surface area contributed by atoms with Crippen LogP contribution < -0.4 is 0 Å². The average Bonchev–Trinajstić information content (AvgIpc) is 3.24. The van der Waals surface area contributed by atoms with Crippen molar-refractivity contribution in [2.45, 2.75) is 36.8 Å². The SMILES string of the molecule is OCCC12COC(c3ccc(C(F)(F)F)cc3)N1[C@H](c1ccc(C(F)(F)F)cc1)OC2. The van der Waals surface area contributed by atoms with Crippen molar-refractivity contribution in [3.8, 4) is 0 Å². The molecule has 2 fully saturated rings. The van der Waals surface area contributed by atoms with Crippen LogP contribution in [0.15, 0.2) is 48.5 Å². The first kappa shape index (κ1) is 22.1. The van der Waals surface area contributed by atoms with E-state index in [1.807, 2.05) is 0 Å². The van der Waals surface area contributed by atoms with Gasteiger partial charge in [-0.15, -0.1) is 0 Å². The first-order chi connectivity index (χ1) is 14.5. The van der Waals surface area contributed by atoms with Crippen molar-refractivity contribution in [2.75, 3.05) is 19.8 Å². The highest BCUT2D eigenvalue weighted by atomic mass is 19.4. The number of aliphatic hydroxyl groups excluding tert-OH is 1. The van der Waals surface area contributed by atoms with Gasteiger partial charge in [0.1, 0.15) is 12.5 Å². The van der Waals surface area contributed by atoms with Gasteiger partial charge < -0.3 is 14.6 Å². The number of fused-ring (bicyclic) bond motifs is 1. The highest BCUT2D eigenvalue weighted by molar-refractivity contribution is 5.30. The normalized spacial score (nSPS) is 26.9. The van der Waals surface area contributed by atoms with Crippen molar-refractivity contribution in [3.05, 3.63) is 70.8 Å². The van der Waals surface area contributed by atoms with Gasteiger partial charge in [0.15, 0.2) is 0 Å². The zero-order valence-corrected chi connectivity index (χ0v) is 16.1. The molecule has 31 heavy (non-hydrogen) atoms. The number of nitrogens with zero attached hydrogens (tertiary/aromatic N) is 1. The summed E-state index contributed by atoms with van der Waals surface area (Å²) in [7, 11) is 0. The Balaban J connectivity index is 1.67. The van der Waals surface area contributed by atoms with Gasteiger partial charge in [-0.1, -0.05) is 24.3 Å². The minimum Gasteiger partial charge on any atom is -0.396 e. The average molecular weight is 447 g/mol. The van der Waals surface area contributed by atoms with Crippen LogP contribution in [0.25, 0.3) is 0 Å². The van der Waals surface area contributed by atoms with Crippen LogP contribution in [-0.2, 0) is 21.8 Å². The third kappa shape index (κ3) is 4.05. The van der Waals surface area contributed by atoms with E-state index in [9.17, 15) is 31.4 Å². The molecule has 0 amide bonds. The lowest BCUT2D eigenvalue weighted by Gasteiger charge is -2.34. The molecule has 168 valence electrons. The molecule has 2 aliphatic rings. The summed E-state index contributed by atoms with van der Waals surface area (Å²) in [5.41, 5.74) is -1.43. The molecule has 0 aromatic heterocycles. The number of rotatable bonds is 4. The Hall–Kier alpha value is -2.14. The molecule has 3 atom stereocenters. The molecule has 4 nitrogen and oxygen atoms in total. The van der Waals surface area contributed by atoms with Gasteiger partial charge in [0.05, 0.1) is 29.9 Å². The van der Waals surface area contributed by atoms with E-state index in [0.717, 1.165) is 24.3 Å². The van der Waals surface area contributed by atoms with Crippen LogP contribution in [0.3, 0.4) is 0 Å². The molecule has 0 aliphatic carbocycles. The lowest BCUT2D eigenvalue weighted by Crippen LogP contribution is -2.45. The van der Waals surface area contributed by atoms with Crippen LogP contribution in [0, 0.1) is 0 Å². The van der Waals surface area contributed by atoms with E-state index in [2.05, 4.69) is 0 Å². The number of aliphatic hydroxyl groups is 1. The second kappa shape index (κ2) is 7.77. The van der Waals surface area contributed by atoms with Gasteiger partial charge in [0.25, 0.3) is 0 Å². The predicted molar refractivity (Wildman–Crippen MR) is 96.5 cm³/mol. The van der Waals surface area contributed by atoms with Crippen LogP contribution in [0.5, 0.6) is 0 Å². The molecule has 0 bridgehead atoms. The Morgan fingerprint density at radius 3 is 1.48 bits per heavy atom. The monoisotopic (exact) mass is 447 g/mol. The molecule has 0 saturated carbocycles. The minimum absolute atomic E-state index is 0.163. The maximum Gasteiger partial charge on any atom is 0.416 e. The topological polar surface area (TPSA) is 41.9 Å². The van der Waals surface area contributed by atoms with Crippen molar-refractivity contribution in [2.24, 2.45) is 0 Å². The smallest absolute Gasteiger partial charge is 0.396 e. The summed E-state index contributed by atoms with van der Waals surface area (Å²) in [5, 5.41) is 9.55. The van der Waals surface area contributed by atoms with Crippen molar-refractivity contribution >= 4 is 0 Å². The minimum atomic E-state index is -4.48. The molecular formula is C21H19F6NO3. The van der Waals surface area contributed by atoms with Gasteiger partial charge in [0, 0.05) is 6.61 Å². The zero-order chi connectivity index (χ0) is 22.4. The summed E-state index contributed by atoms with van der Waals surface area (Å²) in [6.07, 6.45) is -10.2. The first-order valence-electron chi connectivity index (χ1n) is 9.52. The Kier molecular flexibility index (Phi) is 5.53. The highest BCUT2D eigenvalue weighted by Crippen LogP contribution is 2.50. The number of hydrogen-bond acceptors (Lipinski definition) is 4. The van der Waals surface area contributed by atoms with Crippen LogP contribution >= 0.6 is 0 Å². The molecule has 0 spiro atoms. The Bertz CT molecular complexity index is 841. The van der Waals surface area contributed by atoms with Gasteiger partial charge >= 0.3 is 12.4 Å². The summed E-state index contributed by atoms with van der Waals surface area (Å²) in [4.78, 5) is 1.79. The van der Waals surface area contributed by atoms with E-state index in [0.29, 0.717) is 11.1 Å². The second-order valence-electron chi connectivity index (χ2n) is 7.67. The summed E-state index contributed by atoms with van der Waals surface area (Å²) in [6.45, 7) is 0.148. The maximum atomic E-state index is 12.9. The zero-order valence-electron chi connectivity index (χ0n) is 16.1. The standard InChI is InChI=1S/C21H19F6NO3/c22-20(23,24)15-5-1-13(2-6-15)17-28-18(31-12-19(28,9-10-29)11-30-17)14-3-7-16(8-4-14)21(25,26)27/h1-8,17-18,29H,9-12H2/t17-,18?,19?/m0/s1. The van der Waals surface area contributed by atoms with Crippen LogP contribution in [0.1, 0.15) is 41.1 Å². The van der Waals surface area contributed by atoms with Gasteiger partial charge in [-0.25, -0.2) is 4.90 Å². The number of halogens is 6. The van der Waals surface area contributed by atoms with Gasteiger partial charge in [-0.05, 0) is 41.8 Å². The number of alkyl halides is 6. The van der Waals surface area contributed by atoms with Gasteiger partial charge in [0.2, 0.25) is 0 Å². The largest absolute Gasteiger partial charge is 0.416 e. The summed E-state index contributed by atoms with van der Waals surface area (Å²) in [6, 6.07) is 9.05. The maximum absolute atomic E-state index is 12.9. The van der Waals surface area contributed by atoms with Crippen LogP contribution in [0.4, 0.5) is 26.3 Å². The van der Waals surface area contributed by atoms with Crippen molar-refractivity contribution in [3.63, 3.8) is 0 Å². The van der Waals surface area contributed by atoms with Crippen LogP contribution in [0.2, 0.25) is 0 Å². The fraction of sp³-hybridized carbons (Fsp3) is 0.429. The number of hydrogen-bond donors (Lipinski definition) is 1.